The summed E-state index contributed by atoms with van der Waals surface area (Å²) in [7, 11) is 0. The van der Waals surface area contributed by atoms with Crippen LogP contribution in [0.2, 0.25) is 0 Å². The summed E-state index contributed by atoms with van der Waals surface area (Å²) in [5.74, 6) is -0.994. The molecule has 3 atom stereocenters. The highest BCUT2D eigenvalue weighted by Crippen LogP contribution is 2.00. The minimum Gasteiger partial charge on any atom is -0.480 e. The summed E-state index contributed by atoms with van der Waals surface area (Å²) in [6, 6.07) is -1.11. The standard InChI is InChI=1S/C7H17N3O2/c1-4(8)5(9)2-3-6(10)7(11)12/h4-6H,2-3,8-10H2,1H3,(H,11,12). The Bertz CT molecular complexity index is 150. The average Bonchev–Trinajstić information content (AvgIpc) is 1.98. The van der Waals surface area contributed by atoms with Crippen molar-refractivity contribution in [1.29, 1.82) is 0 Å². The lowest BCUT2D eigenvalue weighted by Gasteiger charge is -2.16. The van der Waals surface area contributed by atoms with Gasteiger partial charge in [-0.3, -0.25) is 4.79 Å². The second kappa shape index (κ2) is 5.08. The molecule has 0 saturated carbocycles. The SMILES string of the molecule is CC(N)C(N)CCC(N)C(=O)O. The molecule has 5 nitrogen and oxygen atoms in total. The summed E-state index contributed by atoms with van der Waals surface area (Å²) in [5, 5.41) is 8.44. The second-order valence-corrected chi connectivity index (χ2v) is 3.05. The third-order valence-corrected chi connectivity index (χ3v) is 1.80. The summed E-state index contributed by atoms with van der Waals surface area (Å²) in [4.78, 5) is 10.3. The Morgan fingerprint density at radius 3 is 2.17 bits per heavy atom. The fourth-order valence-corrected chi connectivity index (χ4v) is 0.758. The van der Waals surface area contributed by atoms with E-state index in [-0.39, 0.29) is 12.1 Å². The number of nitrogens with two attached hydrogens (primary N) is 3. The van der Waals surface area contributed by atoms with Crippen molar-refractivity contribution in [3.8, 4) is 0 Å². The number of aliphatic carboxylic acids is 1. The lowest BCUT2D eigenvalue weighted by Crippen LogP contribution is -2.41. The first-order chi connectivity index (χ1) is 5.45. The zero-order valence-electron chi connectivity index (χ0n) is 7.23. The molecule has 0 radical (unpaired) electrons. The molecular formula is C7H17N3O2. The molecule has 0 aromatic carbocycles. The van der Waals surface area contributed by atoms with Crippen LogP contribution in [0.15, 0.2) is 0 Å². The molecule has 7 N–H and O–H groups in total. The Labute approximate surface area is 71.9 Å². The van der Waals surface area contributed by atoms with Crippen LogP contribution < -0.4 is 17.2 Å². The molecule has 0 aliphatic rings. The highest BCUT2D eigenvalue weighted by molar-refractivity contribution is 5.72. The lowest BCUT2D eigenvalue weighted by molar-refractivity contribution is -0.138. The van der Waals surface area contributed by atoms with Crippen LogP contribution >= 0.6 is 0 Å². The fourth-order valence-electron chi connectivity index (χ4n) is 0.758. The maximum absolute atomic E-state index is 10.3. The molecule has 12 heavy (non-hydrogen) atoms. The van der Waals surface area contributed by atoms with Crippen molar-refractivity contribution in [2.24, 2.45) is 17.2 Å². The fraction of sp³-hybridized carbons (Fsp3) is 0.857. The second-order valence-electron chi connectivity index (χ2n) is 3.05. The molecule has 0 aliphatic carbocycles. The van der Waals surface area contributed by atoms with Crippen molar-refractivity contribution < 1.29 is 9.90 Å². The molecule has 3 unspecified atom stereocenters. The first-order valence-electron chi connectivity index (χ1n) is 3.94. The molecule has 0 rings (SSSR count). The Hall–Kier alpha value is -0.650. The Morgan fingerprint density at radius 2 is 1.83 bits per heavy atom. The van der Waals surface area contributed by atoms with Crippen molar-refractivity contribution in [3.63, 3.8) is 0 Å². The predicted octanol–water partition coefficient (Wildman–Crippen LogP) is -1.15. The number of carbonyl (C=O) groups is 1. The van der Waals surface area contributed by atoms with E-state index >= 15 is 0 Å². The highest BCUT2D eigenvalue weighted by atomic mass is 16.4. The smallest absolute Gasteiger partial charge is 0.320 e. The summed E-state index contributed by atoms with van der Waals surface area (Å²) in [6.07, 6.45) is 0.920. The van der Waals surface area contributed by atoms with Gasteiger partial charge in [0.2, 0.25) is 0 Å². The molecule has 0 saturated heterocycles. The largest absolute Gasteiger partial charge is 0.480 e. The minimum absolute atomic E-state index is 0.119. The van der Waals surface area contributed by atoms with Gasteiger partial charge in [-0.2, -0.15) is 0 Å². The van der Waals surface area contributed by atoms with Crippen LogP contribution in [-0.2, 0) is 4.79 Å². The quantitative estimate of drug-likeness (QED) is 0.421. The van der Waals surface area contributed by atoms with Crippen molar-refractivity contribution in [2.45, 2.75) is 37.9 Å². The first kappa shape index (κ1) is 11.4. The van der Waals surface area contributed by atoms with Crippen LogP contribution in [0.1, 0.15) is 19.8 Å². The van der Waals surface area contributed by atoms with Gasteiger partial charge >= 0.3 is 5.97 Å². The predicted molar refractivity (Wildman–Crippen MR) is 46.5 cm³/mol. The number of rotatable bonds is 5. The van der Waals surface area contributed by atoms with Gasteiger partial charge in [0, 0.05) is 12.1 Å². The van der Waals surface area contributed by atoms with Crippen LogP contribution in [0.25, 0.3) is 0 Å². The monoisotopic (exact) mass is 175 g/mol. The molecule has 0 fully saturated rings. The summed E-state index contributed by atoms with van der Waals surface area (Å²) >= 11 is 0. The number of hydrogen-bond donors (Lipinski definition) is 4. The molecule has 0 spiro atoms. The van der Waals surface area contributed by atoms with E-state index < -0.39 is 12.0 Å². The van der Waals surface area contributed by atoms with Crippen molar-refractivity contribution >= 4 is 5.97 Å². The molecule has 0 aliphatic heterocycles. The topological polar surface area (TPSA) is 115 Å². The van der Waals surface area contributed by atoms with E-state index in [1.807, 2.05) is 0 Å². The van der Waals surface area contributed by atoms with Gasteiger partial charge in [0.1, 0.15) is 6.04 Å². The van der Waals surface area contributed by atoms with Crippen LogP contribution in [0.5, 0.6) is 0 Å². The van der Waals surface area contributed by atoms with Crippen LogP contribution in [0, 0.1) is 0 Å². The van der Waals surface area contributed by atoms with Gasteiger partial charge in [-0.1, -0.05) is 0 Å². The molecule has 72 valence electrons. The third-order valence-electron chi connectivity index (χ3n) is 1.80. The molecule has 0 aromatic heterocycles. The Balaban J connectivity index is 3.61. The summed E-state index contributed by atoms with van der Waals surface area (Å²) in [6.45, 7) is 1.79. The third kappa shape index (κ3) is 4.27. The highest BCUT2D eigenvalue weighted by Gasteiger charge is 2.14. The van der Waals surface area contributed by atoms with Gasteiger partial charge in [-0.05, 0) is 19.8 Å². The van der Waals surface area contributed by atoms with E-state index in [2.05, 4.69) is 0 Å². The van der Waals surface area contributed by atoms with Gasteiger partial charge < -0.3 is 22.3 Å². The minimum atomic E-state index is -0.994. The lowest BCUT2D eigenvalue weighted by atomic mass is 10.0. The average molecular weight is 175 g/mol. The van der Waals surface area contributed by atoms with E-state index in [9.17, 15) is 4.79 Å². The zero-order valence-corrected chi connectivity index (χ0v) is 7.23. The van der Waals surface area contributed by atoms with Crippen LogP contribution in [-0.4, -0.2) is 29.2 Å². The normalized spacial score (nSPS) is 18.3. The summed E-state index contributed by atoms with van der Waals surface area (Å²) < 4.78 is 0. The van der Waals surface area contributed by atoms with E-state index in [4.69, 9.17) is 22.3 Å². The molecule has 0 aromatic rings. The van der Waals surface area contributed by atoms with Crippen LogP contribution in [0.3, 0.4) is 0 Å². The number of hydrogen-bond acceptors (Lipinski definition) is 4. The molecule has 0 heterocycles. The zero-order chi connectivity index (χ0) is 9.72. The van der Waals surface area contributed by atoms with Crippen molar-refractivity contribution in [1.82, 2.24) is 0 Å². The molecule has 0 bridgehead atoms. The molecule has 0 amide bonds. The number of carboxylic acids is 1. The Morgan fingerprint density at radius 1 is 1.33 bits per heavy atom. The molecule has 5 heteroatoms. The molecular weight excluding hydrogens is 158 g/mol. The van der Waals surface area contributed by atoms with Gasteiger partial charge in [0.15, 0.2) is 0 Å². The van der Waals surface area contributed by atoms with Crippen molar-refractivity contribution in [2.75, 3.05) is 0 Å². The van der Waals surface area contributed by atoms with Crippen LogP contribution in [0.4, 0.5) is 0 Å². The maximum atomic E-state index is 10.3. The van der Waals surface area contributed by atoms with E-state index in [1.54, 1.807) is 6.92 Å². The van der Waals surface area contributed by atoms with Gasteiger partial charge in [0.05, 0.1) is 0 Å². The van der Waals surface area contributed by atoms with Gasteiger partial charge in [-0.25, -0.2) is 0 Å². The maximum Gasteiger partial charge on any atom is 0.320 e. The van der Waals surface area contributed by atoms with Gasteiger partial charge in [0.25, 0.3) is 0 Å². The first-order valence-corrected chi connectivity index (χ1v) is 3.94. The van der Waals surface area contributed by atoms with Crippen molar-refractivity contribution in [3.05, 3.63) is 0 Å². The number of carboxylic acid groups (broad SMARTS) is 1. The van der Waals surface area contributed by atoms with E-state index in [0.29, 0.717) is 12.8 Å². The van der Waals surface area contributed by atoms with E-state index in [1.165, 1.54) is 0 Å². The summed E-state index contributed by atoms with van der Waals surface area (Å²) in [5.41, 5.74) is 16.3. The van der Waals surface area contributed by atoms with E-state index in [0.717, 1.165) is 0 Å². The van der Waals surface area contributed by atoms with Gasteiger partial charge in [-0.15, -0.1) is 0 Å². The Kier molecular flexibility index (Phi) is 4.80.